The molecule has 0 saturated heterocycles. The van der Waals surface area contributed by atoms with Crippen LogP contribution in [-0.2, 0) is 26.2 Å². The van der Waals surface area contributed by atoms with Crippen LogP contribution in [0.3, 0.4) is 0 Å². The Morgan fingerprint density at radius 3 is 1.23 bits per heavy atom. The average Bonchev–Trinajstić information content (AvgIpc) is 3.28. The molecule has 0 heterocycles. The number of hydrogen-bond acceptors (Lipinski definition) is 1. The summed E-state index contributed by atoms with van der Waals surface area (Å²) in [6, 6.07) is 22.0. The normalized spacial score (nSPS) is 12.2. The molecule has 1 fully saturated rings. The Kier molecular flexibility index (Phi) is 25.6. The summed E-state index contributed by atoms with van der Waals surface area (Å²) in [4.78, 5) is 0. The van der Waals surface area contributed by atoms with Crippen molar-refractivity contribution in [3.8, 4) is 0 Å². The summed E-state index contributed by atoms with van der Waals surface area (Å²) in [5.74, 6) is 0. The third kappa shape index (κ3) is 11.7. The molecule has 2 aromatic rings. The maximum absolute atomic E-state index is 5.05. The molecule has 0 unspecified atom stereocenters. The van der Waals surface area contributed by atoms with Gasteiger partial charge < -0.3 is 23.4 Å². The van der Waals surface area contributed by atoms with Gasteiger partial charge in [0.15, 0.2) is 0 Å². The zero-order valence-corrected chi connectivity index (χ0v) is 24.3. The summed E-state index contributed by atoms with van der Waals surface area (Å²) >= 11 is 0. The van der Waals surface area contributed by atoms with Gasteiger partial charge in [-0.1, -0.05) is 73.5 Å². The third-order valence-electron chi connectivity index (χ3n) is 4.47. The van der Waals surface area contributed by atoms with E-state index in [0.717, 1.165) is 5.66 Å². The van der Waals surface area contributed by atoms with Gasteiger partial charge in [-0.05, 0) is 23.5 Å². The van der Waals surface area contributed by atoms with Crippen LogP contribution in [0.2, 0.25) is 0 Å². The Balaban J connectivity index is -0.000000620. The van der Waals surface area contributed by atoms with E-state index in [1.165, 1.54) is 36.3 Å². The molecule has 0 atom stereocenters. The van der Waals surface area contributed by atoms with Crippen LogP contribution in [-0.4, -0.2) is 55.0 Å². The van der Waals surface area contributed by atoms with E-state index in [0.29, 0.717) is 0 Å². The van der Waals surface area contributed by atoms with Crippen LogP contribution in [0.15, 0.2) is 65.4 Å². The fourth-order valence-corrected chi connectivity index (χ4v) is 7.85. The minimum absolute atomic E-state index is 0. The quantitative estimate of drug-likeness (QED) is 0.318. The third-order valence-corrected chi connectivity index (χ3v) is 8.84. The van der Waals surface area contributed by atoms with E-state index in [-0.39, 0.29) is 33.6 Å². The van der Waals surface area contributed by atoms with Crippen molar-refractivity contribution in [1.29, 1.82) is 0 Å². The average molecular weight is 522 g/mol. The molecule has 1 aliphatic rings. The summed E-state index contributed by atoms with van der Waals surface area (Å²) in [7, 11) is 10.9. The number of benzene rings is 2. The van der Waals surface area contributed by atoms with E-state index in [2.05, 4.69) is 76.6 Å². The van der Waals surface area contributed by atoms with E-state index in [4.69, 9.17) is 4.74 Å². The number of nitrogens with zero attached hydrogens (tertiary/aromatic N) is 4. The van der Waals surface area contributed by atoms with Crippen molar-refractivity contribution in [3.63, 3.8) is 0 Å². The van der Waals surface area contributed by atoms with Crippen LogP contribution < -0.4 is 10.6 Å². The summed E-state index contributed by atoms with van der Waals surface area (Å²) in [5, 5.41) is 13.4. The van der Waals surface area contributed by atoms with Crippen molar-refractivity contribution in [2.45, 2.75) is 31.3 Å². The Bertz CT molecular complexity index is 611. The van der Waals surface area contributed by atoms with E-state index in [1.807, 2.05) is 7.05 Å². The van der Waals surface area contributed by atoms with Crippen molar-refractivity contribution >= 4 is 17.7 Å². The molecule has 1 aliphatic carbocycles. The van der Waals surface area contributed by atoms with Gasteiger partial charge in [0.2, 0.25) is 0 Å². The van der Waals surface area contributed by atoms with Gasteiger partial charge in [-0.15, -0.1) is 0 Å². The maximum Gasteiger partial charge on any atom is 4.00 e. The summed E-state index contributed by atoms with van der Waals surface area (Å²) in [5.41, 5.74) is 0.734. The molecule has 0 aliphatic heterocycles. The van der Waals surface area contributed by atoms with E-state index in [1.54, 1.807) is 42.3 Å². The minimum Gasteiger partial charge on any atom is -0.668 e. The second kappa shape index (κ2) is 22.6. The SMILES string of the molecule is CN=P(c1ccccc1)(c1ccccc1)C1CCCC1.C[N-]C.C[N-]C.C[N-]C.[CH3-].[Zr+4]. The molecule has 0 amide bonds. The molecule has 0 N–H and O–H groups in total. The fourth-order valence-electron chi connectivity index (χ4n) is 3.55. The number of rotatable bonds is 3. The molecular formula is C25H43N4PZr. The fraction of sp³-hybridized carbons (Fsp3) is 0.480. The van der Waals surface area contributed by atoms with Crippen molar-refractivity contribution in [1.82, 2.24) is 0 Å². The molecule has 0 aromatic heterocycles. The van der Waals surface area contributed by atoms with Gasteiger partial charge in [-0.3, -0.25) is 4.74 Å². The molecule has 1 saturated carbocycles. The van der Waals surface area contributed by atoms with Crippen LogP contribution in [0, 0.1) is 7.43 Å². The molecule has 0 radical (unpaired) electrons. The molecule has 6 heteroatoms. The monoisotopic (exact) mass is 520 g/mol. The van der Waals surface area contributed by atoms with E-state index in [9.17, 15) is 0 Å². The molecule has 31 heavy (non-hydrogen) atoms. The zero-order chi connectivity index (χ0) is 22.0. The van der Waals surface area contributed by atoms with Crippen LogP contribution in [0.4, 0.5) is 0 Å². The molecule has 0 bridgehead atoms. The van der Waals surface area contributed by atoms with Gasteiger partial charge in [-0.2, -0.15) is 42.3 Å². The van der Waals surface area contributed by atoms with Gasteiger partial charge in [0.05, 0.1) is 0 Å². The first kappa shape index (κ1) is 35.0. The Labute approximate surface area is 212 Å². The predicted molar refractivity (Wildman–Crippen MR) is 142 cm³/mol. The molecule has 4 nitrogen and oxygen atoms in total. The minimum atomic E-state index is -1.60. The molecule has 3 rings (SSSR count). The largest absolute Gasteiger partial charge is 4.00 e. The molecule has 0 spiro atoms. The Morgan fingerprint density at radius 2 is 0.968 bits per heavy atom. The second-order valence-electron chi connectivity index (χ2n) is 6.84. The first-order valence-corrected chi connectivity index (χ1v) is 12.0. The van der Waals surface area contributed by atoms with E-state index < -0.39 is 7.05 Å². The number of hydrogen-bond donors (Lipinski definition) is 0. The maximum atomic E-state index is 5.05. The van der Waals surface area contributed by atoms with Gasteiger partial charge in [-0.25, -0.2) is 0 Å². The Morgan fingerprint density at radius 1 is 0.677 bits per heavy atom. The van der Waals surface area contributed by atoms with Crippen LogP contribution in [0.25, 0.3) is 16.0 Å². The first-order chi connectivity index (χ1) is 14.1. The van der Waals surface area contributed by atoms with Gasteiger partial charge >= 0.3 is 26.2 Å². The van der Waals surface area contributed by atoms with Gasteiger partial charge in [0.1, 0.15) is 0 Å². The van der Waals surface area contributed by atoms with E-state index >= 15 is 0 Å². The Hall–Kier alpha value is -0.567. The topological polar surface area (TPSA) is 54.7 Å². The first-order valence-electron chi connectivity index (χ1n) is 10.2. The predicted octanol–water partition coefficient (Wildman–Crippen LogP) is 6.72. The van der Waals surface area contributed by atoms with Gasteiger partial charge in [0.25, 0.3) is 0 Å². The zero-order valence-electron chi connectivity index (χ0n) is 20.9. The summed E-state index contributed by atoms with van der Waals surface area (Å²) in [6.07, 6.45) is 5.38. The van der Waals surface area contributed by atoms with Crippen LogP contribution >= 0.6 is 7.05 Å². The summed E-state index contributed by atoms with van der Waals surface area (Å²) in [6.45, 7) is 0. The summed E-state index contributed by atoms with van der Waals surface area (Å²) < 4.78 is 5.05. The van der Waals surface area contributed by atoms with Crippen molar-refractivity contribution < 1.29 is 26.2 Å². The second-order valence-corrected chi connectivity index (χ2v) is 10.4. The van der Waals surface area contributed by atoms with Crippen LogP contribution in [0.5, 0.6) is 0 Å². The van der Waals surface area contributed by atoms with Crippen LogP contribution in [0.1, 0.15) is 25.7 Å². The molecule has 2 aromatic carbocycles. The van der Waals surface area contributed by atoms with Gasteiger partial charge in [0, 0.05) is 19.8 Å². The standard InChI is InChI=1S/C18H22NP.3C2H6N.CH3.Zr/c1-19-20(18-14-8-9-15-18,16-10-4-2-5-11-16)17-12-6-3-7-13-17;3*1-3-2;;/h2-7,10-13,18H,8-9,14-15H2,1H3;3*1-2H3;1H3;/q;4*-1;+4. The van der Waals surface area contributed by atoms with Crippen molar-refractivity contribution in [2.24, 2.45) is 4.74 Å². The molecular weight excluding hydrogens is 479 g/mol. The van der Waals surface area contributed by atoms with Crippen molar-refractivity contribution in [3.05, 3.63) is 84.0 Å². The molecule has 172 valence electrons. The van der Waals surface area contributed by atoms with Crippen molar-refractivity contribution in [2.75, 3.05) is 49.3 Å². The smallest absolute Gasteiger partial charge is 0.668 e.